The minimum absolute atomic E-state index is 0.154. The van der Waals surface area contributed by atoms with Crippen LogP contribution >= 0.6 is 0 Å². The molecule has 1 heterocycles. The molecule has 0 saturated heterocycles. The molecular weight excluding hydrogens is 264 g/mol. The van der Waals surface area contributed by atoms with Crippen LogP contribution in [0.2, 0.25) is 0 Å². The Bertz CT molecular complexity index is 480. The maximum atomic E-state index is 11.7. The van der Waals surface area contributed by atoms with Crippen molar-refractivity contribution in [2.24, 2.45) is 5.92 Å². The first-order valence-electron chi connectivity index (χ1n) is 8.12. The molecule has 0 unspecified atom stereocenters. The van der Waals surface area contributed by atoms with E-state index in [1.807, 2.05) is 4.57 Å². The van der Waals surface area contributed by atoms with Gasteiger partial charge in [0, 0.05) is 24.8 Å². The van der Waals surface area contributed by atoms with Crippen LogP contribution in [0.4, 0.5) is 0 Å². The molecule has 0 radical (unpaired) electrons. The largest absolute Gasteiger partial charge is 0.503 e. The first kappa shape index (κ1) is 17.8. The zero-order chi connectivity index (χ0) is 15.8. The number of rotatable bonds is 9. The summed E-state index contributed by atoms with van der Waals surface area (Å²) >= 11 is 0. The van der Waals surface area contributed by atoms with Crippen LogP contribution in [-0.4, -0.2) is 27.7 Å². The van der Waals surface area contributed by atoms with Gasteiger partial charge in [-0.2, -0.15) is 0 Å². The van der Waals surface area contributed by atoms with Crippen LogP contribution < -0.4 is 5.43 Å². The summed E-state index contributed by atoms with van der Waals surface area (Å²) in [6.45, 7) is 12.3. The van der Waals surface area contributed by atoms with Gasteiger partial charge < -0.3 is 9.67 Å². The molecule has 0 fully saturated rings. The molecule has 1 N–H and O–H groups in total. The Labute approximate surface area is 128 Å². The van der Waals surface area contributed by atoms with E-state index in [1.165, 1.54) is 12.8 Å². The van der Waals surface area contributed by atoms with E-state index in [-0.39, 0.29) is 11.2 Å². The normalized spacial score (nSPS) is 11.5. The molecular formula is C17H30N2O2. The number of pyridine rings is 1. The Morgan fingerprint density at radius 2 is 2.05 bits per heavy atom. The Kier molecular flexibility index (Phi) is 7.51. The van der Waals surface area contributed by atoms with E-state index in [4.69, 9.17) is 0 Å². The summed E-state index contributed by atoms with van der Waals surface area (Å²) < 4.78 is 2.03. The zero-order valence-electron chi connectivity index (χ0n) is 13.9. The molecule has 0 atom stereocenters. The van der Waals surface area contributed by atoms with Crippen molar-refractivity contribution < 1.29 is 5.11 Å². The molecule has 21 heavy (non-hydrogen) atoms. The fraction of sp³-hybridized carbons (Fsp3) is 0.706. The molecule has 4 nitrogen and oxygen atoms in total. The average molecular weight is 294 g/mol. The summed E-state index contributed by atoms with van der Waals surface area (Å²) in [6.07, 6.45) is 4.97. The average Bonchev–Trinajstić information content (AvgIpc) is 2.45. The van der Waals surface area contributed by atoms with E-state index in [1.54, 1.807) is 12.3 Å². The molecule has 0 amide bonds. The van der Waals surface area contributed by atoms with Crippen LogP contribution in [0.1, 0.15) is 52.7 Å². The third-order valence-electron chi connectivity index (χ3n) is 3.81. The second-order valence-corrected chi connectivity index (χ2v) is 6.11. The molecule has 1 rings (SSSR count). The number of hydrogen-bond donors (Lipinski definition) is 1. The van der Waals surface area contributed by atoms with Crippen LogP contribution in [0.5, 0.6) is 5.75 Å². The number of hydrogen-bond acceptors (Lipinski definition) is 3. The van der Waals surface area contributed by atoms with E-state index in [9.17, 15) is 9.90 Å². The van der Waals surface area contributed by atoms with Gasteiger partial charge in [-0.1, -0.05) is 34.1 Å². The van der Waals surface area contributed by atoms with Gasteiger partial charge in [-0.05, 0) is 31.8 Å². The third kappa shape index (κ3) is 5.92. The molecule has 120 valence electrons. The van der Waals surface area contributed by atoms with E-state index in [2.05, 4.69) is 32.6 Å². The SMILES string of the molecule is CCCCN(CC)Cc1cc(=O)c(O)cn1CCC(C)C. The number of aryl methyl sites for hydroxylation is 1. The van der Waals surface area contributed by atoms with Gasteiger partial charge in [0.15, 0.2) is 5.75 Å². The highest BCUT2D eigenvalue weighted by Crippen LogP contribution is 2.12. The number of aromatic hydroxyl groups is 1. The van der Waals surface area contributed by atoms with Crippen molar-refractivity contribution >= 4 is 0 Å². The number of unbranched alkanes of at least 4 members (excludes halogenated alkanes) is 1. The molecule has 0 aromatic carbocycles. The van der Waals surface area contributed by atoms with Crippen LogP contribution in [0, 0.1) is 5.92 Å². The van der Waals surface area contributed by atoms with Crippen molar-refractivity contribution in [2.45, 2.75) is 60.0 Å². The number of nitrogens with zero attached hydrogens (tertiary/aromatic N) is 2. The predicted octanol–water partition coefficient (Wildman–Crippen LogP) is 3.22. The first-order chi connectivity index (χ1) is 9.97. The second kappa shape index (κ2) is 8.88. The Hall–Kier alpha value is -1.29. The van der Waals surface area contributed by atoms with Crippen molar-refractivity contribution in [3.8, 4) is 5.75 Å². The monoisotopic (exact) mass is 294 g/mol. The Morgan fingerprint density at radius 3 is 2.62 bits per heavy atom. The van der Waals surface area contributed by atoms with Crippen LogP contribution in [0.3, 0.4) is 0 Å². The topological polar surface area (TPSA) is 45.5 Å². The lowest BCUT2D eigenvalue weighted by atomic mass is 10.1. The van der Waals surface area contributed by atoms with Crippen molar-refractivity contribution in [1.29, 1.82) is 0 Å². The van der Waals surface area contributed by atoms with E-state index < -0.39 is 0 Å². The molecule has 4 heteroatoms. The molecule has 0 aliphatic heterocycles. The molecule has 0 saturated carbocycles. The molecule has 1 aromatic rings. The fourth-order valence-corrected chi connectivity index (χ4v) is 2.30. The van der Waals surface area contributed by atoms with Gasteiger partial charge >= 0.3 is 0 Å². The molecule has 0 aliphatic carbocycles. The van der Waals surface area contributed by atoms with Crippen LogP contribution in [0.25, 0.3) is 0 Å². The quantitative estimate of drug-likeness (QED) is 0.760. The van der Waals surface area contributed by atoms with Crippen molar-refractivity contribution in [3.05, 3.63) is 28.2 Å². The van der Waals surface area contributed by atoms with Crippen LogP contribution in [-0.2, 0) is 13.1 Å². The Balaban J connectivity index is 2.91. The molecule has 0 aliphatic rings. The highest BCUT2D eigenvalue weighted by Gasteiger charge is 2.10. The van der Waals surface area contributed by atoms with Crippen molar-refractivity contribution in [3.63, 3.8) is 0 Å². The molecule has 0 bridgehead atoms. The van der Waals surface area contributed by atoms with Gasteiger partial charge in [0.05, 0.1) is 6.20 Å². The standard InChI is InChI=1S/C17H30N2O2/c1-5-7-9-18(6-2)12-15-11-16(20)17(21)13-19(15)10-8-14(3)4/h11,13-14,21H,5-10,12H2,1-4H3. The van der Waals surface area contributed by atoms with Gasteiger partial charge in [0.1, 0.15) is 0 Å². The summed E-state index contributed by atoms with van der Waals surface area (Å²) in [4.78, 5) is 14.1. The first-order valence-corrected chi connectivity index (χ1v) is 8.12. The minimum atomic E-state index is -0.280. The maximum Gasteiger partial charge on any atom is 0.223 e. The summed E-state index contributed by atoms with van der Waals surface area (Å²) in [5.41, 5.74) is 0.716. The van der Waals surface area contributed by atoms with E-state index in [0.717, 1.165) is 38.3 Å². The fourth-order valence-electron chi connectivity index (χ4n) is 2.30. The molecule has 0 spiro atoms. The van der Waals surface area contributed by atoms with Gasteiger partial charge in [-0.15, -0.1) is 0 Å². The minimum Gasteiger partial charge on any atom is -0.503 e. The predicted molar refractivity (Wildman–Crippen MR) is 87.7 cm³/mol. The van der Waals surface area contributed by atoms with Crippen molar-refractivity contribution in [1.82, 2.24) is 9.47 Å². The summed E-state index contributed by atoms with van der Waals surface area (Å²) in [7, 11) is 0. The third-order valence-corrected chi connectivity index (χ3v) is 3.81. The summed E-state index contributed by atoms with van der Waals surface area (Å²) in [6, 6.07) is 1.59. The van der Waals surface area contributed by atoms with E-state index in [0.29, 0.717) is 5.92 Å². The lowest BCUT2D eigenvalue weighted by molar-refractivity contribution is 0.266. The lowest BCUT2D eigenvalue weighted by Gasteiger charge is -2.23. The molecule has 1 aromatic heterocycles. The maximum absolute atomic E-state index is 11.7. The summed E-state index contributed by atoms with van der Waals surface area (Å²) in [5.74, 6) is 0.445. The van der Waals surface area contributed by atoms with Gasteiger partial charge in [-0.25, -0.2) is 0 Å². The number of aromatic nitrogens is 1. The van der Waals surface area contributed by atoms with Crippen LogP contribution in [0.15, 0.2) is 17.1 Å². The van der Waals surface area contributed by atoms with Gasteiger partial charge in [0.25, 0.3) is 0 Å². The highest BCUT2D eigenvalue weighted by atomic mass is 16.3. The zero-order valence-corrected chi connectivity index (χ0v) is 13.9. The van der Waals surface area contributed by atoms with Crippen molar-refractivity contribution in [2.75, 3.05) is 13.1 Å². The smallest absolute Gasteiger partial charge is 0.223 e. The van der Waals surface area contributed by atoms with Gasteiger partial charge in [-0.3, -0.25) is 9.69 Å². The van der Waals surface area contributed by atoms with Gasteiger partial charge in [0.2, 0.25) is 5.43 Å². The van der Waals surface area contributed by atoms with E-state index >= 15 is 0 Å². The highest BCUT2D eigenvalue weighted by molar-refractivity contribution is 5.20. The second-order valence-electron chi connectivity index (χ2n) is 6.11. The lowest BCUT2D eigenvalue weighted by Crippen LogP contribution is -2.27. The Morgan fingerprint density at radius 1 is 1.33 bits per heavy atom. The summed E-state index contributed by atoms with van der Waals surface area (Å²) in [5, 5.41) is 9.68.